The van der Waals surface area contributed by atoms with E-state index in [1.807, 2.05) is 6.92 Å². The highest BCUT2D eigenvalue weighted by molar-refractivity contribution is 5.39. The Kier molecular flexibility index (Phi) is 2.86. The molecule has 1 aliphatic heterocycles. The molecule has 0 amide bonds. The van der Waals surface area contributed by atoms with E-state index in [0.29, 0.717) is 17.7 Å². The molecular formula is C12H15FO3. The molecule has 3 nitrogen and oxygen atoms in total. The number of rotatable bonds is 3. The number of hydrogen-bond donors (Lipinski definition) is 1. The van der Waals surface area contributed by atoms with Crippen LogP contribution in [0.3, 0.4) is 0 Å². The second-order valence-electron chi connectivity index (χ2n) is 4.20. The zero-order valence-corrected chi connectivity index (χ0v) is 9.37. The lowest BCUT2D eigenvalue weighted by Crippen LogP contribution is -2.47. The maximum absolute atomic E-state index is 13.2. The van der Waals surface area contributed by atoms with Crippen LogP contribution in [-0.4, -0.2) is 24.9 Å². The Bertz CT molecular complexity index is 386. The Labute approximate surface area is 93.8 Å². The minimum Gasteiger partial charge on any atom is -0.496 e. The van der Waals surface area contributed by atoms with Gasteiger partial charge in [0.15, 0.2) is 0 Å². The molecular weight excluding hydrogens is 211 g/mol. The van der Waals surface area contributed by atoms with Crippen molar-refractivity contribution in [3.63, 3.8) is 0 Å². The number of hydrogen-bond acceptors (Lipinski definition) is 3. The third-order valence-corrected chi connectivity index (χ3v) is 2.98. The van der Waals surface area contributed by atoms with Gasteiger partial charge in [-0.1, -0.05) is 0 Å². The fourth-order valence-electron chi connectivity index (χ4n) is 2.16. The van der Waals surface area contributed by atoms with Gasteiger partial charge in [-0.15, -0.1) is 0 Å². The summed E-state index contributed by atoms with van der Waals surface area (Å²) in [5.74, 6) is 0.299. The van der Waals surface area contributed by atoms with Crippen molar-refractivity contribution in [1.82, 2.24) is 0 Å². The first kappa shape index (κ1) is 11.4. The van der Waals surface area contributed by atoms with Crippen LogP contribution in [0.4, 0.5) is 4.39 Å². The van der Waals surface area contributed by atoms with E-state index in [2.05, 4.69) is 0 Å². The van der Waals surface area contributed by atoms with Crippen LogP contribution in [0.5, 0.6) is 5.75 Å². The van der Waals surface area contributed by atoms with Gasteiger partial charge in [0.2, 0.25) is 0 Å². The second-order valence-corrected chi connectivity index (χ2v) is 4.20. The van der Waals surface area contributed by atoms with Gasteiger partial charge in [-0.25, -0.2) is 4.39 Å². The molecule has 1 aromatic carbocycles. The number of halogens is 1. The first-order chi connectivity index (χ1) is 7.59. The van der Waals surface area contributed by atoms with E-state index < -0.39 is 5.60 Å². The molecule has 0 aliphatic carbocycles. The van der Waals surface area contributed by atoms with Crippen LogP contribution in [0.2, 0.25) is 0 Å². The van der Waals surface area contributed by atoms with E-state index in [-0.39, 0.29) is 18.5 Å². The first-order valence-corrected chi connectivity index (χ1v) is 5.22. The summed E-state index contributed by atoms with van der Waals surface area (Å²) in [4.78, 5) is 0. The maximum Gasteiger partial charge on any atom is 0.125 e. The largest absolute Gasteiger partial charge is 0.496 e. The molecule has 1 saturated heterocycles. The maximum atomic E-state index is 13.2. The predicted molar refractivity (Wildman–Crippen MR) is 56.9 cm³/mol. The molecule has 2 rings (SSSR count). The summed E-state index contributed by atoms with van der Waals surface area (Å²) in [6.45, 7) is 1.86. The molecule has 88 valence electrons. The van der Waals surface area contributed by atoms with Crippen LogP contribution in [0, 0.1) is 5.82 Å². The number of methoxy groups -OCH3 is 1. The SMILES string of the molecule is COc1ccc(F)cc1C1(C)C[C@H](CO)O1. The van der Waals surface area contributed by atoms with Gasteiger partial charge in [0.1, 0.15) is 11.6 Å². The summed E-state index contributed by atoms with van der Waals surface area (Å²) in [5, 5.41) is 8.92. The van der Waals surface area contributed by atoms with Crippen LogP contribution in [0.25, 0.3) is 0 Å². The van der Waals surface area contributed by atoms with Crippen LogP contribution in [0.15, 0.2) is 18.2 Å². The van der Waals surface area contributed by atoms with E-state index in [0.717, 1.165) is 0 Å². The van der Waals surface area contributed by atoms with Crippen LogP contribution in [-0.2, 0) is 10.3 Å². The molecule has 1 N–H and O–H groups in total. The van der Waals surface area contributed by atoms with Crippen molar-refractivity contribution in [2.75, 3.05) is 13.7 Å². The van der Waals surface area contributed by atoms with Crippen LogP contribution < -0.4 is 4.74 Å². The monoisotopic (exact) mass is 226 g/mol. The minimum atomic E-state index is -0.555. The normalized spacial score (nSPS) is 28.6. The van der Waals surface area contributed by atoms with Gasteiger partial charge in [-0.2, -0.15) is 0 Å². The zero-order chi connectivity index (χ0) is 11.8. The summed E-state index contributed by atoms with van der Waals surface area (Å²) >= 11 is 0. The lowest BCUT2D eigenvalue weighted by Gasteiger charge is -2.45. The van der Waals surface area contributed by atoms with E-state index in [9.17, 15) is 4.39 Å². The lowest BCUT2D eigenvalue weighted by atomic mass is 9.84. The zero-order valence-electron chi connectivity index (χ0n) is 9.37. The molecule has 0 spiro atoms. The molecule has 1 aromatic rings. The van der Waals surface area contributed by atoms with Crippen LogP contribution >= 0.6 is 0 Å². The van der Waals surface area contributed by atoms with Crippen LogP contribution in [0.1, 0.15) is 18.9 Å². The number of ether oxygens (including phenoxy) is 2. The lowest BCUT2D eigenvalue weighted by molar-refractivity contribution is -0.215. The quantitative estimate of drug-likeness (QED) is 0.854. The first-order valence-electron chi connectivity index (χ1n) is 5.22. The Morgan fingerprint density at radius 1 is 1.62 bits per heavy atom. The number of aliphatic hydroxyl groups is 1. The topological polar surface area (TPSA) is 38.7 Å². The van der Waals surface area contributed by atoms with Crippen molar-refractivity contribution >= 4 is 0 Å². The molecule has 16 heavy (non-hydrogen) atoms. The van der Waals surface area contributed by atoms with E-state index >= 15 is 0 Å². The fourth-order valence-corrected chi connectivity index (χ4v) is 2.16. The van der Waals surface area contributed by atoms with Crippen molar-refractivity contribution in [2.24, 2.45) is 0 Å². The summed E-state index contributed by atoms with van der Waals surface area (Å²) < 4.78 is 23.9. The fraction of sp³-hybridized carbons (Fsp3) is 0.500. The van der Waals surface area contributed by atoms with Gasteiger partial charge in [0, 0.05) is 12.0 Å². The number of benzene rings is 1. The molecule has 0 radical (unpaired) electrons. The predicted octanol–water partition coefficient (Wildman–Crippen LogP) is 1.83. The van der Waals surface area contributed by atoms with Crippen molar-refractivity contribution in [1.29, 1.82) is 0 Å². The van der Waals surface area contributed by atoms with E-state index in [1.54, 1.807) is 13.2 Å². The Morgan fingerprint density at radius 3 is 2.88 bits per heavy atom. The molecule has 1 heterocycles. The molecule has 1 unspecified atom stereocenters. The average molecular weight is 226 g/mol. The van der Waals surface area contributed by atoms with E-state index in [1.165, 1.54) is 12.1 Å². The Hall–Kier alpha value is -1.13. The smallest absolute Gasteiger partial charge is 0.125 e. The summed E-state index contributed by atoms with van der Waals surface area (Å²) in [5.41, 5.74) is 0.139. The van der Waals surface area contributed by atoms with Crippen molar-refractivity contribution in [3.8, 4) is 5.75 Å². The molecule has 4 heteroatoms. The second kappa shape index (κ2) is 4.03. The summed E-state index contributed by atoms with van der Waals surface area (Å²) in [7, 11) is 1.54. The van der Waals surface area contributed by atoms with Gasteiger partial charge in [-0.05, 0) is 25.1 Å². The highest BCUT2D eigenvalue weighted by Gasteiger charge is 2.44. The highest BCUT2D eigenvalue weighted by Crippen LogP contribution is 2.45. The third-order valence-electron chi connectivity index (χ3n) is 2.98. The average Bonchev–Trinajstić information content (AvgIpc) is 2.24. The Balaban J connectivity index is 2.29. The highest BCUT2D eigenvalue weighted by atomic mass is 19.1. The molecule has 2 atom stereocenters. The van der Waals surface area contributed by atoms with Gasteiger partial charge < -0.3 is 14.6 Å². The van der Waals surface area contributed by atoms with Crippen molar-refractivity contribution < 1.29 is 19.0 Å². The molecule has 0 saturated carbocycles. The van der Waals surface area contributed by atoms with Crippen molar-refractivity contribution in [3.05, 3.63) is 29.6 Å². The van der Waals surface area contributed by atoms with E-state index in [4.69, 9.17) is 14.6 Å². The van der Waals surface area contributed by atoms with Crippen molar-refractivity contribution in [2.45, 2.75) is 25.0 Å². The third kappa shape index (κ3) is 1.79. The number of aliphatic hydroxyl groups excluding tert-OH is 1. The summed E-state index contributed by atoms with van der Waals surface area (Å²) in [6.07, 6.45) is 0.515. The minimum absolute atomic E-state index is 0.00673. The van der Waals surface area contributed by atoms with Gasteiger partial charge in [0.25, 0.3) is 0 Å². The molecule has 0 bridgehead atoms. The molecule has 1 aliphatic rings. The summed E-state index contributed by atoms with van der Waals surface area (Å²) in [6, 6.07) is 4.37. The molecule has 1 fully saturated rings. The van der Waals surface area contributed by atoms with Gasteiger partial charge in [0.05, 0.1) is 25.4 Å². The van der Waals surface area contributed by atoms with Gasteiger partial charge in [-0.3, -0.25) is 0 Å². The molecule has 0 aromatic heterocycles. The van der Waals surface area contributed by atoms with Gasteiger partial charge >= 0.3 is 0 Å². The standard InChI is InChI=1S/C12H15FO3/c1-12(6-9(7-14)16-12)10-5-8(13)3-4-11(10)15-2/h3-5,9,14H,6-7H2,1-2H3/t9-,12?/m1/s1. The Morgan fingerprint density at radius 2 is 2.31 bits per heavy atom.